The minimum atomic E-state index is 0.409. The van der Waals surface area contributed by atoms with Gasteiger partial charge in [-0.25, -0.2) is 4.68 Å². The van der Waals surface area contributed by atoms with Gasteiger partial charge in [0, 0.05) is 4.90 Å². The van der Waals surface area contributed by atoms with E-state index in [1.165, 1.54) is 11.8 Å². The first-order valence-electron chi connectivity index (χ1n) is 5.44. The number of nitrogens with zero attached hydrogens (tertiary/aromatic N) is 5. The van der Waals surface area contributed by atoms with E-state index in [1.54, 1.807) is 6.07 Å². The van der Waals surface area contributed by atoms with Crippen LogP contribution in [0.2, 0.25) is 5.02 Å². The Morgan fingerprint density at radius 1 is 1.44 bits per heavy atom. The van der Waals surface area contributed by atoms with E-state index in [9.17, 15) is 0 Å². The van der Waals surface area contributed by atoms with E-state index in [0.29, 0.717) is 21.8 Å². The summed E-state index contributed by atoms with van der Waals surface area (Å²) >= 11 is 7.36. The molecule has 1 aliphatic carbocycles. The van der Waals surface area contributed by atoms with Crippen molar-refractivity contribution in [2.24, 2.45) is 0 Å². The van der Waals surface area contributed by atoms with E-state index >= 15 is 0 Å². The highest BCUT2D eigenvalue weighted by atomic mass is 35.5. The smallest absolute Gasteiger partial charge is 0.214 e. The van der Waals surface area contributed by atoms with Crippen molar-refractivity contribution < 1.29 is 0 Å². The van der Waals surface area contributed by atoms with Crippen LogP contribution in [0.15, 0.2) is 28.3 Å². The van der Waals surface area contributed by atoms with Crippen molar-refractivity contribution in [2.45, 2.75) is 28.9 Å². The maximum Gasteiger partial charge on any atom is 0.214 e. The van der Waals surface area contributed by atoms with Gasteiger partial charge in [-0.2, -0.15) is 5.26 Å². The summed E-state index contributed by atoms with van der Waals surface area (Å²) in [4.78, 5) is 0.779. The van der Waals surface area contributed by atoms with Crippen LogP contribution >= 0.6 is 23.4 Å². The molecule has 3 rings (SSSR count). The molecule has 1 fully saturated rings. The normalized spacial score (nSPS) is 14.4. The molecule has 0 radical (unpaired) electrons. The standard InChI is InChI=1S/C11H8ClN5S/c12-9-2-1-3-10(8(9)6-13)18-11-14-15-16-17(11)7-4-5-7/h1-3,7H,4-5H2. The van der Waals surface area contributed by atoms with E-state index in [0.717, 1.165) is 17.7 Å². The largest absolute Gasteiger partial charge is 0.217 e. The van der Waals surface area contributed by atoms with E-state index < -0.39 is 0 Å². The Labute approximate surface area is 113 Å². The van der Waals surface area contributed by atoms with Crippen molar-refractivity contribution in [2.75, 3.05) is 0 Å². The SMILES string of the molecule is N#Cc1c(Cl)cccc1Sc1nnnn1C1CC1. The molecule has 0 bridgehead atoms. The number of rotatable bonds is 3. The van der Waals surface area contributed by atoms with Crippen LogP contribution in [0.25, 0.3) is 0 Å². The number of tetrazole rings is 1. The molecule has 0 spiro atoms. The van der Waals surface area contributed by atoms with Crippen LogP contribution in [0.3, 0.4) is 0 Å². The van der Waals surface area contributed by atoms with Gasteiger partial charge in [-0.05, 0) is 47.2 Å². The molecule has 0 atom stereocenters. The summed E-state index contributed by atoms with van der Waals surface area (Å²) in [7, 11) is 0. The minimum Gasteiger partial charge on any atom is -0.217 e. The Morgan fingerprint density at radius 3 is 3.00 bits per heavy atom. The summed E-state index contributed by atoms with van der Waals surface area (Å²) in [5.74, 6) is 0. The molecule has 90 valence electrons. The van der Waals surface area contributed by atoms with Crippen LogP contribution in [-0.4, -0.2) is 20.2 Å². The molecule has 1 aliphatic rings. The molecule has 0 unspecified atom stereocenters. The van der Waals surface area contributed by atoms with Crippen LogP contribution < -0.4 is 0 Å². The van der Waals surface area contributed by atoms with Gasteiger partial charge < -0.3 is 0 Å². The van der Waals surface area contributed by atoms with Crippen LogP contribution in [0.1, 0.15) is 24.4 Å². The quantitative estimate of drug-likeness (QED) is 0.863. The summed E-state index contributed by atoms with van der Waals surface area (Å²) < 4.78 is 1.81. The second-order valence-corrected chi connectivity index (χ2v) is 5.38. The van der Waals surface area contributed by atoms with Crippen molar-refractivity contribution >= 4 is 23.4 Å². The molecule has 5 nitrogen and oxygen atoms in total. The number of halogens is 1. The zero-order chi connectivity index (χ0) is 12.5. The van der Waals surface area contributed by atoms with Crippen molar-refractivity contribution in [1.29, 1.82) is 5.26 Å². The third-order valence-electron chi connectivity index (χ3n) is 2.64. The summed E-state index contributed by atoms with van der Waals surface area (Å²) in [5, 5.41) is 21.9. The summed E-state index contributed by atoms with van der Waals surface area (Å²) in [5.41, 5.74) is 0.467. The molecule has 1 aromatic heterocycles. The van der Waals surface area contributed by atoms with Gasteiger partial charge in [0.15, 0.2) is 0 Å². The number of hydrogen-bond donors (Lipinski definition) is 0. The zero-order valence-corrected chi connectivity index (χ0v) is 10.8. The second-order valence-electron chi connectivity index (χ2n) is 3.96. The third-order valence-corrected chi connectivity index (χ3v) is 3.97. The predicted octanol–water partition coefficient (Wildman–Crippen LogP) is 2.68. The van der Waals surface area contributed by atoms with Crippen molar-refractivity contribution in [1.82, 2.24) is 20.2 Å². The van der Waals surface area contributed by atoms with Gasteiger partial charge in [-0.15, -0.1) is 5.10 Å². The molecule has 0 aliphatic heterocycles. The fourth-order valence-corrected chi connectivity index (χ4v) is 2.83. The fraction of sp³-hybridized carbons (Fsp3) is 0.273. The number of hydrogen-bond acceptors (Lipinski definition) is 5. The lowest BCUT2D eigenvalue weighted by molar-refractivity contribution is 0.565. The predicted molar refractivity (Wildman–Crippen MR) is 66.4 cm³/mol. The van der Waals surface area contributed by atoms with E-state index in [2.05, 4.69) is 21.6 Å². The lowest BCUT2D eigenvalue weighted by atomic mass is 10.2. The van der Waals surface area contributed by atoms with Gasteiger partial charge in [0.25, 0.3) is 0 Å². The van der Waals surface area contributed by atoms with E-state index in [-0.39, 0.29) is 0 Å². The van der Waals surface area contributed by atoms with Gasteiger partial charge in [-0.3, -0.25) is 0 Å². The third kappa shape index (κ3) is 2.07. The second kappa shape index (κ2) is 4.59. The van der Waals surface area contributed by atoms with Crippen LogP contribution in [-0.2, 0) is 0 Å². The van der Waals surface area contributed by atoms with Gasteiger partial charge in [0.05, 0.1) is 16.6 Å². The maximum atomic E-state index is 9.11. The summed E-state index contributed by atoms with van der Waals surface area (Å²) in [6.45, 7) is 0. The molecule has 7 heteroatoms. The van der Waals surface area contributed by atoms with Gasteiger partial charge in [-0.1, -0.05) is 17.7 Å². The molecule has 0 N–H and O–H groups in total. The summed E-state index contributed by atoms with van der Waals surface area (Å²) in [6, 6.07) is 7.89. The first kappa shape index (κ1) is 11.5. The van der Waals surface area contributed by atoms with Crippen LogP contribution in [0, 0.1) is 11.3 Å². The Bertz CT molecular complexity index is 629. The van der Waals surface area contributed by atoms with Crippen molar-refractivity contribution in [3.05, 3.63) is 28.8 Å². The molecule has 1 heterocycles. The number of nitriles is 1. The molecule has 0 amide bonds. The van der Waals surface area contributed by atoms with E-state index in [4.69, 9.17) is 16.9 Å². The highest BCUT2D eigenvalue weighted by molar-refractivity contribution is 7.99. The van der Waals surface area contributed by atoms with Crippen molar-refractivity contribution in [3.8, 4) is 6.07 Å². The minimum absolute atomic E-state index is 0.409. The molecular formula is C11H8ClN5S. The number of aromatic nitrogens is 4. The van der Waals surface area contributed by atoms with Gasteiger partial charge in [0.2, 0.25) is 5.16 Å². The zero-order valence-electron chi connectivity index (χ0n) is 9.25. The Balaban J connectivity index is 1.95. The topological polar surface area (TPSA) is 67.4 Å². The average molecular weight is 278 g/mol. The summed E-state index contributed by atoms with van der Waals surface area (Å²) in [6.07, 6.45) is 2.22. The fourth-order valence-electron chi connectivity index (χ4n) is 1.60. The van der Waals surface area contributed by atoms with Gasteiger partial charge in [0.1, 0.15) is 6.07 Å². The lowest BCUT2D eigenvalue weighted by Crippen LogP contribution is -1.98. The monoisotopic (exact) mass is 277 g/mol. The maximum absolute atomic E-state index is 9.11. The van der Waals surface area contributed by atoms with Crippen LogP contribution in [0.5, 0.6) is 0 Å². The van der Waals surface area contributed by atoms with E-state index in [1.807, 2.05) is 16.8 Å². The molecule has 1 saturated carbocycles. The average Bonchev–Trinajstić information content (AvgIpc) is 3.11. The molecular weight excluding hydrogens is 270 g/mol. The van der Waals surface area contributed by atoms with Crippen LogP contribution in [0.4, 0.5) is 0 Å². The first-order valence-corrected chi connectivity index (χ1v) is 6.63. The first-order chi connectivity index (χ1) is 8.79. The molecule has 18 heavy (non-hydrogen) atoms. The Kier molecular flexibility index (Phi) is 2.94. The highest BCUT2D eigenvalue weighted by Gasteiger charge is 2.28. The molecule has 1 aromatic carbocycles. The van der Waals surface area contributed by atoms with Crippen molar-refractivity contribution in [3.63, 3.8) is 0 Å². The Morgan fingerprint density at radius 2 is 2.28 bits per heavy atom. The lowest BCUT2D eigenvalue weighted by Gasteiger charge is -2.04. The number of benzene rings is 1. The Hall–Kier alpha value is -1.58. The molecule has 2 aromatic rings. The molecule has 0 saturated heterocycles. The highest BCUT2D eigenvalue weighted by Crippen LogP contribution is 2.39. The van der Waals surface area contributed by atoms with Gasteiger partial charge >= 0.3 is 0 Å².